The summed E-state index contributed by atoms with van der Waals surface area (Å²) in [5, 5.41) is 3.06. The molecule has 104 valence electrons. The van der Waals surface area contributed by atoms with Crippen LogP contribution in [-0.4, -0.2) is 28.1 Å². The van der Waals surface area contributed by atoms with Crippen LogP contribution in [0.3, 0.4) is 0 Å². The van der Waals surface area contributed by atoms with Crippen molar-refractivity contribution in [1.82, 2.24) is 10.0 Å². The number of hydrogen-bond acceptors (Lipinski definition) is 3. The van der Waals surface area contributed by atoms with Gasteiger partial charge in [0.1, 0.15) is 0 Å². The molecule has 0 saturated carbocycles. The molecule has 2 N–H and O–H groups in total. The number of likely N-dealkylation sites (N-methyl/N-ethyl adjacent to an activating group) is 1. The van der Waals surface area contributed by atoms with Gasteiger partial charge in [-0.1, -0.05) is 13.0 Å². The minimum atomic E-state index is -3.43. The minimum absolute atomic E-state index is 0. The molecule has 0 aliphatic rings. The smallest absolute Gasteiger partial charge is 0.241 e. The van der Waals surface area contributed by atoms with E-state index in [1.54, 1.807) is 12.1 Å². The number of halogens is 2. The average Bonchev–Trinajstić information content (AvgIpc) is 2.28. The van der Waals surface area contributed by atoms with E-state index in [2.05, 4.69) is 26.0 Å². The first-order chi connectivity index (χ1) is 7.97. The highest BCUT2D eigenvalue weighted by Gasteiger charge is 2.16. The molecular weight excluding hydrogens is 340 g/mol. The van der Waals surface area contributed by atoms with Gasteiger partial charge in [0.05, 0.1) is 4.90 Å². The Kier molecular flexibility index (Phi) is 8.05. The van der Waals surface area contributed by atoms with Crippen LogP contribution < -0.4 is 10.0 Å². The van der Waals surface area contributed by atoms with Crippen LogP contribution in [0.5, 0.6) is 0 Å². The number of aryl methyl sites for hydroxylation is 1. The van der Waals surface area contributed by atoms with E-state index in [-0.39, 0.29) is 17.3 Å². The van der Waals surface area contributed by atoms with E-state index in [1.165, 1.54) is 0 Å². The van der Waals surface area contributed by atoms with Crippen LogP contribution in [0, 0.1) is 6.92 Å². The second-order valence-corrected chi connectivity index (χ2v) is 6.27. The maximum absolute atomic E-state index is 12.0. The van der Waals surface area contributed by atoms with E-state index < -0.39 is 10.0 Å². The van der Waals surface area contributed by atoms with Crippen LogP contribution in [0.1, 0.15) is 12.5 Å². The molecule has 1 rings (SSSR count). The van der Waals surface area contributed by atoms with Crippen molar-refractivity contribution in [2.45, 2.75) is 18.7 Å². The lowest BCUT2D eigenvalue weighted by Gasteiger charge is -2.09. The predicted molar refractivity (Wildman–Crippen MR) is 79.9 cm³/mol. The SMILES string of the molecule is CCNCCNS(=O)(=O)c1cc(C)ccc1Br.Cl. The van der Waals surface area contributed by atoms with Crippen molar-refractivity contribution >= 4 is 38.4 Å². The Bertz CT molecular complexity index is 480. The lowest BCUT2D eigenvalue weighted by molar-refractivity contribution is 0.577. The van der Waals surface area contributed by atoms with E-state index in [0.29, 0.717) is 17.6 Å². The topological polar surface area (TPSA) is 58.2 Å². The maximum atomic E-state index is 12.0. The van der Waals surface area contributed by atoms with Gasteiger partial charge < -0.3 is 5.32 Å². The normalized spacial score (nSPS) is 11.1. The molecule has 4 nitrogen and oxygen atoms in total. The van der Waals surface area contributed by atoms with Gasteiger partial charge in [0.2, 0.25) is 10.0 Å². The zero-order valence-corrected chi connectivity index (χ0v) is 13.6. The van der Waals surface area contributed by atoms with Crippen molar-refractivity contribution in [1.29, 1.82) is 0 Å². The summed E-state index contributed by atoms with van der Waals surface area (Å²) < 4.78 is 27.1. The molecule has 0 unspecified atom stereocenters. The van der Waals surface area contributed by atoms with Gasteiger partial charge in [0, 0.05) is 17.6 Å². The van der Waals surface area contributed by atoms with Crippen molar-refractivity contribution in [3.8, 4) is 0 Å². The third kappa shape index (κ3) is 5.24. The molecular formula is C11H18BrClN2O2S. The molecule has 7 heteroatoms. The Morgan fingerprint density at radius 2 is 1.94 bits per heavy atom. The molecule has 0 aliphatic carbocycles. The molecule has 0 amide bonds. The van der Waals surface area contributed by atoms with Gasteiger partial charge in [0.25, 0.3) is 0 Å². The Morgan fingerprint density at radius 1 is 1.28 bits per heavy atom. The molecule has 0 bridgehead atoms. The van der Waals surface area contributed by atoms with Crippen LogP contribution in [0.4, 0.5) is 0 Å². The second kappa shape index (κ2) is 8.12. The first-order valence-electron chi connectivity index (χ1n) is 5.44. The molecule has 0 saturated heterocycles. The molecule has 18 heavy (non-hydrogen) atoms. The second-order valence-electron chi connectivity index (χ2n) is 3.69. The molecule has 0 heterocycles. The Balaban J connectivity index is 0.00000289. The van der Waals surface area contributed by atoms with Crippen molar-refractivity contribution < 1.29 is 8.42 Å². The van der Waals surface area contributed by atoms with E-state index in [0.717, 1.165) is 12.1 Å². The fourth-order valence-corrected chi connectivity index (χ4v) is 3.42. The summed E-state index contributed by atoms with van der Waals surface area (Å²) in [4.78, 5) is 0.286. The summed E-state index contributed by atoms with van der Waals surface area (Å²) in [7, 11) is -3.43. The number of hydrogen-bond donors (Lipinski definition) is 2. The Hall–Kier alpha value is -0.140. The molecule has 0 radical (unpaired) electrons. The summed E-state index contributed by atoms with van der Waals surface area (Å²) in [5.74, 6) is 0. The van der Waals surface area contributed by atoms with Crippen molar-refractivity contribution in [2.75, 3.05) is 19.6 Å². The predicted octanol–water partition coefficient (Wildman–Crippen LogP) is 2.07. The summed E-state index contributed by atoms with van der Waals surface area (Å²) in [6, 6.07) is 5.26. The van der Waals surface area contributed by atoms with Crippen LogP contribution in [0.2, 0.25) is 0 Å². The first-order valence-corrected chi connectivity index (χ1v) is 7.71. The van der Waals surface area contributed by atoms with Gasteiger partial charge >= 0.3 is 0 Å². The summed E-state index contributed by atoms with van der Waals surface area (Å²) in [6.45, 7) is 5.68. The third-order valence-corrected chi connectivity index (χ3v) is 4.67. The highest BCUT2D eigenvalue weighted by atomic mass is 79.9. The maximum Gasteiger partial charge on any atom is 0.241 e. The summed E-state index contributed by atoms with van der Waals surface area (Å²) in [6.07, 6.45) is 0. The van der Waals surface area contributed by atoms with E-state index in [1.807, 2.05) is 19.9 Å². The van der Waals surface area contributed by atoms with Crippen molar-refractivity contribution in [2.24, 2.45) is 0 Å². The van der Waals surface area contributed by atoms with Crippen LogP contribution in [-0.2, 0) is 10.0 Å². The first kappa shape index (κ1) is 17.9. The van der Waals surface area contributed by atoms with Crippen molar-refractivity contribution in [3.63, 3.8) is 0 Å². The molecule has 1 aromatic carbocycles. The van der Waals surface area contributed by atoms with Crippen LogP contribution in [0.15, 0.2) is 27.6 Å². The quantitative estimate of drug-likeness (QED) is 0.766. The van der Waals surface area contributed by atoms with Gasteiger partial charge in [-0.05, 0) is 47.1 Å². The van der Waals surface area contributed by atoms with E-state index in [4.69, 9.17) is 0 Å². The van der Waals surface area contributed by atoms with Crippen LogP contribution >= 0.6 is 28.3 Å². The average molecular weight is 358 g/mol. The monoisotopic (exact) mass is 356 g/mol. The van der Waals surface area contributed by atoms with Crippen LogP contribution in [0.25, 0.3) is 0 Å². The summed E-state index contributed by atoms with van der Waals surface area (Å²) in [5.41, 5.74) is 0.917. The zero-order valence-electron chi connectivity index (χ0n) is 10.4. The minimum Gasteiger partial charge on any atom is -0.316 e. The van der Waals surface area contributed by atoms with Gasteiger partial charge in [-0.25, -0.2) is 13.1 Å². The lowest BCUT2D eigenvalue weighted by Crippen LogP contribution is -2.32. The van der Waals surface area contributed by atoms with Gasteiger partial charge in [-0.15, -0.1) is 12.4 Å². The molecule has 0 aliphatic heterocycles. The fourth-order valence-electron chi connectivity index (χ4n) is 1.34. The molecule has 0 spiro atoms. The van der Waals surface area contributed by atoms with Gasteiger partial charge in [-0.2, -0.15) is 0 Å². The zero-order chi connectivity index (χ0) is 12.9. The highest BCUT2D eigenvalue weighted by molar-refractivity contribution is 9.10. The number of nitrogens with one attached hydrogen (secondary N) is 2. The van der Waals surface area contributed by atoms with E-state index in [9.17, 15) is 8.42 Å². The number of rotatable bonds is 6. The van der Waals surface area contributed by atoms with Crippen molar-refractivity contribution in [3.05, 3.63) is 28.2 Å². The van der Waals surface area contributed by atoms with Gasteiger partial charge in [0.15, 0.2) is 0 Å². The third-order valence-electron chi connectivity index (χ3n) is 2.22. The molecule has 0 fully saturated rings. The highest BCUT2D eigenvalue weighted by Crippen LogP contribution is 2.22. The standard InChI is InChI=1S/C11H17BrN2O2S.ClH/c1-3-13-6-7-14-17(15,16)11-8-9(2)4-5-10(11)12;/h4-5,8,13-14H,3,6-7H2,1-2H3;1H. The lowest BCUT2D eigenvalue weighted by atomic mass is 10.2. The molecule has 0 aromatic heterocycles. The largest absolute Gasteiger partial charge is 0.316 e. The fraction of sp³-hybridized carbons (Fsp3) is 0.455. The number of benzene rings is 1. The van der Waals surface area contributed by atoms with E-state index >= 15 is 0 Å². The Labute approximate surface area is 123 Å². The van der Waals surface area contributed by atoms with Gasteiger partial charge in [-0.3, -0.25) is 0 Å². The molecule has 1 aromatic rings. The molecule has 0 atom stereocenters. The summed E-state index contributed by atoms with van der Waals surface area (Å²) >= 11 is 3.25. The Morgan fingerprint density at radius 3 is 2.56 bits per heavy atom. The number of sulfonamides is 1.